The third-order valence-corrected chi connectivity index (χ3v) is 9.37. The number of amides is 2. The Kier molecular flexibility index (Phi) is 6.58. The van der Waals surface area contributed by atoms with E-state index in [0.717, 1.165) is 12.8 Å². The van der Waals surface area contributed by atoms with Crippen LogP contribution in [0.15, 0.2) is 12.7 Å². The van der Waals surface area contributed by atoms with Crippen molar-refractivity contribution >= 4 is 29.5 Å². The van der Waals surface area contributed by atoms with Gasteiger partial charge in [0.15, 0.2) is 0 Å². The van der Waals surface area contributed by atoms with Crippen molar-refractivity contribution < 1.29 is 24.6 Å². The average molecular weight is 439 g/mol. The number of fused-ring (bicyclic) bond motifs is 1. The van der Waals surface area contributed by atoms with Crippen LogP contribution in [0.1, 0.15) is 47.0 Å². The van der Waals surface area contributed by atoms with E-state index >= 15 is 0 Å². The molecule has 0 aromatic rings. The van der Waals surface area contributed by atoms with E-state index in [1.54, 1.807) is 17.9 Å². The van der Waals surface area contributed by atoms with Gasteiger partial charge in [0.25, 0.3) is 0 Å². The third kappa shape index (κ3) is 3.18. The molecule has 8 heteroatoms. The Labute approximate surface area is 182 Å². The van der Waals surface area contributed by atoms with Crippen LogP contribution in [0.4, 0.5) is 0 Å². The Morgan fingerprint density at radius 2 is 2.10 bits per heavy atom. The number of rotatable bonds is 9. The normalized spacial score (nSPS) is 36.5. The van der Waals surface area contributed by atoms with Crippen LogP contribution < -0.4 is 0 Å². The van der Waals surface area contributed by atoms with Gasteiger partial charge in [-0.3, -0.25) is 14.4 Å². The van der Waals surface area contributed by atoms with Crippen LogP contribution in [-0.4, -0.2) is 79.1 Å². The zero-order valence-electron chi connectivity index (χ0n) is 18.3. The minimum absolute atomic E-state index is 0.0217. The van der Waals surface area contributed by atoms with Crippen molar-refractivity contribution in [1.29, 1.82) is 0 Å². The maximum Gasteiger partial charge on any atom is 0.308 e. The number of thioether (sulfide) groups is 1. The van der Waals surface area contributed by atoms with Gasteiger partial charge < -0.3 is 20.0 Å². The van der Waals surface area contributed by atoms with Crippen LogP contribution in [0, 0.1) is 17.8 Å². The lowest BCUT2D eigenvalue weighted by atomic mass is 9.66. The van der Waals surface area contributed by atoms with E-state index in [9.17, 15) is 24.6 Å². The number of aliphatic hydroxyl groups is 1. The molecule has 0 aliphatic carbocycles. The fraction of sp³-hybridized carbons (Fsp3) is 0.773. The first-order valence-corrected chi connectivity index (χ1v) is 11.8. The number of hydrogen-bond donors (Lipinski definition) is 2. The summed E-state index contributed by atoms with van der Waals surface area (Å²) in [4.78, 5) is 43.0. The maximum absolute atomic E-state index is 14.0. The fourth-order valence-electron chi connectivity index (χ4n) is 5.94. The van der Waals surface area contributed by atoms with E-state index in [1.807, 2.05) is 13.8 Å². The van der Waals surface area contributed by atoms with Crippen molar-refractivity contribution in [3.63, 3.8) is 0 Å². The summed E-state index contributed by atoms with van der Waals surface area (Å²) < 4.78 is -0.767. The Balaban J connectivity index is 2.11. The number of aliphatic hydroxyl groups excluding tert-OH is 1. The van der Waals surface area contributed by atoms with Crippen LogP contribution in [-0.2, 0) is 14.4 Å². The molecule has 168 valence electrons. The summed E-state index contributed by atoms with van der Waals surface area (Å²) in [6.45, 7) is 11.7. The summed E-state index contributed by atoms with van der Waals surface area (Å²) in [6, 6.07) is -1.35. The minimum atomic E-state index is -0.966. The summed E-state index contributed by atoms with van der Waals surface area (Å²) in [5.41, 5.74) is 0. The van der Waals surface area contributed by atoms with E-state index < -0.39 is 34.6 Å². The van der Waals surface area contributed by atoms with Gasteiger partial charge >= 0.3 is 5.97 Å². The number of carbonyl (C=O) groups is 3. The topological polar surface area (TPSA) is 98.2 Å². The monoisotopic (exact) mass is 438 g/mol. The van der Waals surface area contributed by atoms with Crippen LogP contribution in [0.3, 0.4) is 0 Å². The molecule has 3 aliphatic rings. The molecule has 3 saturated heterocycles. The molecule has 2 N–H and O–H groups in total. The quantitative estimate of drug-likeness (QED) is 0.534. The average Bonchev–Trinajstić information content (AvgIpc) is 3.29. The zero-order chi connectivity index (χ0) is 22.4. The highest BCUT2D eigenvalue weighted by molar-refractivity contribution is 8.02. The van der Waals surface area contributed by atoms with Crippen molar-refractivity contribution in [2.24, 2.45) is 17.8 Å². The Bertz CT molecular complexity index is 730. The predicted molar refractivity (Wildman–Crippen MR) is 116 cm³/mol. The summed E-state index contributed by atoms with van der Waals surface area (Å²) in [7, 11) is 0. The Morgan fingerprint density at radius 3 is 2.63 bits per heavy atom. The van der Waals surface area contributed by atoms with Gasteiger partial charge in [0.2, 0.25) is 11.8 Å². The second-order valence-corrected chi connectivity index (χ2v) is 10.6. The number of hydrogen-bond acceptors (Lipinski definition) is 5. The molecule has 0 saturated carbocycles. The van der Waals surface area contributed by atoms with Crippen LogP contribution in [0.2, 0.25) is 0 Å². The largest absolute Gasteiger partial charge is 0.481 e. The summed E-state index contributed by atoms with van der Waals surface area (Å²) in [5, 5.41) is 19.6. The molecule has 2 bridgehead atoms. The molecule has 8 atom stereocenters. The van der Waals surface area contributed by atoms with Gasteiger partial charge in [-0.2, -0.15) is 0 Å². The Hall–Kier alpha value is -1.54. The molecular formula is C22H34N2O5S. The number of carboxylic acid groups (broad SMARTS) is 1. The summed E-state index contributed by atoms with van der Waals surface area (Å²) in [6.07, 6.45) is 4.13. The minimum Gasteiger partial charge on any atom is -0.481 e. The molecule has 4 unspecified atom stereocenters. The first-order valence-electron chi connectivity index (χ1n) is 10.9. The predicted octanol–water partition coefficient (Wildman–Crippen LogP) is 1.99. The van der Waals surface area contributed by atoms with Gasteiger partial charge in [0.05, 0.1) is 29.2 Å². The Morgan fingerprint density at radius 1 is 1.43 bits per heavy atom. The molecule has 1 spiro atoms. The van der Waals surface area contributed by atoms with Crippen LogP contribution >= 0.6 is 11.8 Å². The van der Waals surface area contributed by atoms with E-state index in [2.05, 4.69) is 13.5 Å². The molecule has 3 rings (SSSR count). The molecule has 0 aromatic heterocycles. The number of carbonyl (C=O) groups excluding carboxylic acids is 2. The highest BCUT2D eigenvalue weighted by atomic mass is 32.2. The second-order valence-electron chi connectivity index (χ2n) is 9.08. The molecule has 3 aliphatic heterocycles. The number of nitrogens with zero attached hydrogens (tertiary/aromatic N) is 2. The van der Waals surface area contributed by atoms with Crippen LogP contribution in [0.5, 0.6) is 0 Å². The number of carboxylic acids is 1. The molecule has 30 heavy (non-hydrogen) atoms. The van der Waals surface area contributed by atoms with Crippen molar-refractivity contribution in [3.05, 3.63) is 12.7 Å². The smallest absolute Gasteiger partial charge is 0.308 e. The highest BCUT2D eigenvalue weighted by Gasteiger charge is 2.76. The fourth-order valence-corrected chi connectivity index (χ4v) is 8.34. The van der Waals surface area contributed by atoms with E-state index in [0.29, 0.717) is 13.0 Å². The first kappa shape index (κ1) is 23.1. The van der Waals surface area contributed by atoms with Gasteiger partial charge in [-0.05, 0) is 32.6 Å². The van der Waals surface area contributed by atoms with E-state index in [4.69, 9.17) is 0 Å². The molecule has 0 radical (unpaired) electrons. The zero-order valence-corrected chi connectivity index (χ0v) is 19.1. The van der Waals surface area contributed by atoms with Crippen molar-refractivity contribution in [3.8, 4) is 0 Å². The van der Waals surface area contributed by atoms with Gasteiger partial charge in [0.1, 0.15) is 6.04 Å². The van der Waals surface area contributed by atoms with Gasteiger partial charge in [-0.25, -0.2) is 0 Å². The summed E-state index contributed by atoms with van der Waals surface area (Å²) >= 11 is 1.53. The van der Waals surface area contributed by atoms with Gasteiger partial charge in [-0.1, -0.05) is 26.3 Å². The molecule has 3 fully saturated rings. The maximum atomic E-state index is 14.0. The van der Waals surface area contributed by atoms with E-state index in [1.165, 1.54) is 16.7 Å². The summed E-state index contributed by atoms with van der Waals surface area (Å²) in [5.74, 6) is -2.90. The second kappa shape index (κ2) is 8.54. The number of aliphatic carboxylic acids is 1. The van der Waals surface area contributed by atoms with E-state index in [-0.39, 0.29) is 35.6 Å². The third-order valence-electron chi connectivity index (χ3n) is 7.29. The lowest BCUT2D eigenvalue weighted by Crippen LogP contribution is -2.60. The molecule has 2 amide bonds. The van der Waals surface area contributed by atoms with Gasteiger partial charge in [-0.15, -0.1) is 18.3 Å². The lowest BCUT2D eigenvalue weighted by molar-refractivity contribution is -0.150. The highest BCUT2D eigenvalue weighted by Crippen LogP contribution is 2.68. The lowest BCUT2D eigenvalue weighted by Gasteiger charge is -2.42. The number of likely N-dealkylation sites (tertiary alicyclic amines) is 1. The standard InChI is InChI=1S/C22H34N2O5S/c1-6-8-13(4)23(9-7-2)20(27)18-22-12(3)10-15(30-22)16(21(28)29)17(22)19(26)24(18)14(5)11-25/h7,12-18,25H,2,6,8-11H2,1,3-5H3,(H,28,29)/t12?,13?,14-,15+,16-,17+,18?,22?/m1/s1. The molecule has 7 nitrogen and oxygen atoms in total. The first-order chi connectivity index (χ1) is 14.2. The SMILES string of the molecule is C=CCN(C(=O)C1N([C@H](C)CO)C(=O)[C@@H]2[C@H](C(=O)O)[C@@H]3CC(C)C12S3)C(C)CCC. The van der Waals surface area contributed by atoms with Gasteiger partial charge in [0, 0.05) is 17.8 Å². The van der Waals surface area contributed by atoms with Crippen LogP contribution in [0.25, 0.3) is 0 Å². The molecular weight excluding hydrogens is 404 g/mol. The molecule has 0 aromatic carbocycles. The van der Waals surface area contributed by atoms with Crippen molar-refractivity contribution in [2.45, 2.75) is 75.1 Å². The van der Waals surface area contributed by atoms with Crippen molar-refractivity contribution in [2.75, 3.05) is 13.2 Å². The van der Waals surface area contributed by atoms with Crippen molar-refractivity contribution in [1.82, 2.24) is 9.80 Å². The molecule has 3 heterocycles.